The van der Waals surface area contributed by atoms with Gasteiger partial charge in [0.05, 0.1) is 17.1 Å². The van der Waals surface area contributed by atoms with Gasteiger partial charge in [0.2, 0.25) is 0 Å². The number of hydrogen-bond acceptors (Lipinski definition) is 3. The van der Waals surface area contributed by atoms with E-state index in [4.69, 9.17) is 0 Å². The summed E-state index contributed by atoms with van der Waals surface area (Å²) in [5.74, 6) is -2.28. The molecule has 0 unspecified atom stereocenters. The first-order valence-corrected chi connectivity index (χ1v) is 8.88. The fourth-order valence-corrected chi connectivity index (χ4v) is 4.68. The molecule has 0 spiro atoms. The maximum absolute atomic E-state index is 13.1. The van der Waals surface area contributed by atoms with Crippen molar-refractivity contribution in [2.75, 3.05) is 5.75 Å². The van der Waals surface area contributed by atoms with Crippen LogP contribution in [-0.4, -0.2) is 24.9 Å². The van der Waals surface area contributed by atoms with Gasteiger partial charge in [0.25, 0.3) is 0 Å². The molecule has 0 saturated heterocycles. The van der Waals surface area contributed by atoms with Gasteiger partial charge in [-0.25, -0.2) is 17.2 Å². The number of benzene rings is 1. The maximum atomic E-state index is 13.1. The van der Waals surface area contributed by atoms with E-state index in [1.807, 2.05) is 0 Å². The van der Waals surface area contributed by atoms with Crippen molar-refractivity contribution in [2.24, 2.45) is 5.92 Å². The zero-order valence-corrected chi connectivity index (χ0v) is 12.8. The Morgan fingerprint density at radius 3 is 2.43 bits per heavy atom. The SMILES string of the molecule is CC1CCC(O)(CS(=O)(=O)Cc2ccc(F)c(F)c2)CC1. The summed E-state index contributed by atoms with van der Waals surface area (Å²) in [6.45, 7) is 2.08. The molecule has 1 aliphatic rings. The number of halogens is 2. The summed E-state index contributed by atoms with van der Waals surface area (Å²) in [6.07, 6.45) is 2.53. The molecule has 0 aromatic heterocycles. The number of sulfone groups is 1. The van der Waals surface area contributed by atoms with E-state index in [1.165, 1.54) is 6.07 Å². The third kappa shape index (κ3) is 4.48. The Morgan fingerprint density at radius 2 is 1.86 bits per heavy atom. The highest BCUT2D eigenvalue weighted by molar-refractivity contribution is 7.90. The van der Waals surface area contributed by atoms with Crippen LogP contribution in [0, 0.1) is 17.6 Å². The predicted octanol–water partition coefficient (Wildman–Crippen LogP) is 2.82. The molecule has 118 valence electrons. The average molecular weight is 318 g/mol. The standard InChI is InChI=1S/C15H20F2O3S/c1-11-4-6-15(18,7-5-11)10-21(19,20)9-12-2-3-13(16)14(17)8-12/h2-3,8,11,18H,4-7,9-10H2,1H3. The highest BCUT2D eigenvalue weighted by Gasteiger charge is 2.36. The second-order valence-electron chi connectivity index (χ2n) is 6.19. The first-order valence-electron chi connectivity index (χ1n) is 7.06. The zero-order chi connectivity index (χ0) is 15.7. The van der Waals surface area contributed by atoms with Crippen molar-refractivity contribution in [3.63, 3.8) is 0 Å². The minimum atomic E-state index is -3.58. The first kappa shape index (κ1) is 16.4. The highest BCUT2D eigenvalue weighted by Crippen LogP contribution is 2.33. The third-order valence-electron chi connectivity index (χ3n) is 4.06. The molecule has 6 heteroatoms. The number of aliphatic hydroxyl groups is 1. The van der Waals surface area contributed by atoms with E-state index in [9.17, 15) is 22.3 Å². The Bertz CT molecular complexity index is 605. The van der Waals surface area contributed by atoms with E-state index >= 15 is 0 Å². The van der Waals surface area contributed by atoms with Gasteiger partial charge in [0.1, 0.15) is 0 Å². The van der Waals surface area contributed by atoms with Crippen molar-refractivity contribution in [1.82, 2.24) is 0 Å². The van der Waals surface area contributed by atoms with Crippen LogP contribution in [0.4, 0.5) is 8.78 Å². The van der Waals surface area contributed by atoms with E-state index in [2.05, 4.69) is 6.92 Å². The van der Waals surface area contributed by atoms with Gasteiger partial charge in [-0.3, -0.25) is 0 Å². The lowest BCUT2D eigenvalue weighted by atomic mass is 9.81. The van der Waals surface area contributed by atoms with Crippen molar-refractivity contribution < 1.29 is 22.3 Å². The zero-order valence-electron chi connectivity index (χ0n) is 12.0. The first-order chi connectivity index (χ1) is 9.69. The normalized spacial score (nSPS) is 26.8. The smallest absolute Gasteiger partial charge is 0.159 e. The van der Waals surface area contributed by atoms with Gasteiger partial charge in [-0.2, -0.15) is 0 Å². The molecule has 0 bridgehead atoms. The minimum Gasteiger partial charge on any atom is -0.389 e. The van der Waals surface area contributed by atoms with Gasteiger partial charge < -0.3 is 5.11 Å². The molecule has 0 heterocycles. The molecule has 1 N–H and O–H groups in total. The molecule has 2 rings (SSSR count). The van der Waals surface area contributed by atoms with Crippen LogP contribution in [0.5, 0.6) is 0 Å². The summed E-state index contributed by atoms with van der Waals surface area (Å²) >= 11 is 0. The van der Waals surface area contributed by atoms with Crippen LogP contribution < -0.4 is 0 Å². The molecule has 1 fully saturated rings. The minimum absolute atomic E-state index is 0.196. The van der Waals surface area contributed by atoms with Gasteiger partial charge in [-0.1, -0.05) is 13.0 Å². The van der Waals surface area contributed by atoms with Gasteiger partial charge in [-0.05, 0) is 49.3 Å². The topological polar surface area (TPSA) is 54.4 Å². The fraction of sp³-hybridized carbons (Fsp3) is 0.600. The predicted molar refractivity (Wildman–Crippen MR) is 76.4 cm³/mol. The summed E-state index contributed by atoms with van der Waals surface area (Å²) in [6, 6.07) is 3.06. The van der Waals surface area contributed by atoms with Gasteiger partial charge in [0.15, 0.2) is 21.5 Å². The van der Waals surface area contributed by atoms with E-state index in [-0.39, 0.29) is 17.1 Å². The monoisotopic (exact) mass is 318 g/mol. The largest absolute Gasteiger partial charge is 0.389 e. The van der Waals surface area contributed by atoms with Crippen LogP contribution in [0.1, 0.15) is 38.2 Å². The molecular weight excluding hydrogens is 298 g/mol. The Kier molecular flexibility index (Phi) is 4.68. The Labute approximate surface area is 123 Å². The molecular formula is C15H20F2O3S. The Balaban J connectivity index is 2.06. The molecule has 0 atom stereocenters. The molecule has 1 aromatic rings. The highest BCUT2D eigenvalue weighted by atomic mass is 32.2. The van der Waals surface area contributed by atoms with Crippen LogP contribution in [-0.2, 0) is 15.6 Å². The van der Waals surface area contributed by atoms with Crippen molar-refractivity contribution in [3.05, 3.63) is 35.4 Å². The summed E-state index contributed by atoms with van der Waals surface area (Å²) < 4.78 is 50.3. The lowest BCUT2D eigenvalue weighted by molar-refractivity contribution is 0.0135. The molecule has 3 nitrogen and oxygen atoms in total. The van der Waals surface area contributed by atoms with Gasteiger partial charge >= 0.3 is 0 Å². The number of rotatable bonds is 4. The Hall–Kier alpha value is -1.01. The van der Waals surface area contributed by atoms with Crippen LogP contribution >= 0.6 is 0 Å². The van der Waals surface area contributed by atoms with E-state index in [1.54, 1.807) is 0 Å². The molecule has 0 aliphatic heterocycles. The second kappa shape index (κ2) is 6.01. The van der Waals surface area contributed by atoms with Gasteiger partial charge in [-0.15, -0.1) is 0 Å². The van der Waals surface area contributed by atoms with Crippen LogP contribution in [0.15, 0.2) is 18.2 Å². The van der Waals surface area contributed by atoms with Crippen LogP contribution in [0.3, 0.4) is 0 Å². The quantitative estimate of drug-likeness (QED) is 0.929. The third-order valence-corrected chi connectivity index (χ3v) is 5.81. The lowest BCUT2D eigenvalue weighted by Crippen LogP contribution is -2.40. The summed E-state index contributed by atoms with van der Waals surface area (Å²) in [4.78, 5) is 0. The molecule has 1 aliphatic carbocycles. The lowest BCUT2D eigenvalue weighted by Gasteiger charge is -2.34. The Morgan fingerprint density at radius 1 is 1.24 bits per heavy atom. The maximum Gasteiger partial charge on any atom is 0.159 e. The van der Waals surface area contributed by atoms with Gasteiger partial charge in [0, 0.05) is 0 Å². The second-order valence-corrected chi connectivity index (χ2v) is 8.25. The molecule has 21 heavy (non-hydrogen) atoms. The van der Waals surface area contributed by atoms with Crippen LogP contribution in [0.25, 0.3) is 0 Å². The summed E-state index contributed by atoms with van der Waals surface area (Å²) in [5, 5.41) is 10.4. The summed E-state index contributed by atoms with van der Waals surface area (Å²) in [5.41, 5.74) is -0.995. The van der Waals surface area contributed by atoms with E-state index in [0.29, 0.717) is 18.8 Å². The van der Waals surface area contributed by atoms with Crippen molar-refractivity contribution in [3.8, 4) is 0 Å². The van der Waals surface area contributed by atoms with Crippen molar-refractivity contribution in [2.45, 2.75) is 44.0 Å². The molecule has 1 aromatic carbocycles. The molecule has 1 saturated carbocycles. The van der Waals surface area contributed by atoms with Crippen LogP contribution in [0.2, 0.25) is 0 Å². The molecule has 0 radical (unpaired) electrons. The van der Waals surface area contributed by atoms with Crippen molar-refractivity contribution in [1.29, 1.82) is 0 Å². The van der Waals surface area contributed by atoms with E-state index in [0.717, 1.165) is 25.0 Å². The fourth-order valence-electron chi connectivity index (χ4n) is 2.79. The van der Waals surface area contributed by atoms with E-state index < -0.39 is 27.1 Å². The van der Waals surface area contributed by atoms with Crippen molar-refractivity contribution >= 4 is 9.84 Å². The molecule has 0 amide bonds. The average Bonchev–Trinajstić information content (AvgIpc) is 2.37. The number of hydrogen-bond donors (Lipinski definition) is 1. The summed E-state index contributed by atoms with van der Waals surface area (Å²) in [7, 11) is -3.58.